The van der Waals surface area contributed by atoms with Gasteiger partial charge in [0, 0.05) is 18.9 Å². The minimum atomic E-state index is -1.08. The second-order valence-corrected chi connectivity index (χ2v) is 4.66. The number of carboxylic acid groups (broad SMARTS) is 1. The van der Waals surface area contributed by atoms with E-state index in [1.54, 1.807) is 17.8 Å². The lowest BCUT2D eigenvalue weighted by atomic mass is 10.3. The number of nitrogens with one attached hydrogen (secondary N) is 1. The number of hydrogen-bond donors (Lipinski definition) is 2. The maximum Gasteiger partial charge on any atom is 0.338 e. The number of aromatic carboxylic acids is 1. The Morgan fingerprint density at radius 3 is 2.67 bits per heavy atom. The van der Waals surface area contributed by atoms with Crippen molar-refractivity contribution in [2.45, 2.75) is 33.4 Å². The summed E-state index contributed by atoms with van der Waals surface area (Å²) in [7, 11) is 0. The van der Waals surface area contributed by atoms with Crippen molar-refractivity contribution in [2.75, 3.05) is 5.32 Å². The highest BCUT2D eigenvalue weighted by atomic mass is 16.4. The van der Waals surface area contributed by atoms with E-state index in [1.165, 1.54) is 17.1 Å². The Balaban J connectivity index is 2.11. The van der Waals surface area contributed by atoms with Crippen molar-refractivity contribution >= 4 is 17.6 Å². The van der Waals surface area contributed by atoms with Crippen LogP contribution >= 0.6 is 0 Å². The zero-order valence-electron chi connectivity index (χ0n) is 12.1. The van der Waals surface area contributed by atoms with Gasteiger partial charge in [-0.1, -0.05) is 0 Å². The van der Waals surface area contributed by atoms with Gasteiger partial charge in [-0.2, -0.15) is 10.2 Å². The van der Waals surface area contributed by atoms with Crippen molar-refractivity contribution in [1.82, 2.24) is 19.6 Å². The van der Waals surface area contributed by atoms with E-state index in [-0.39, 0.29) is 11.5 Å². The van der Waals surface area contributed by atoms with Crippen LogP contribution in [0.4, 0.5) is 5.69 Å². The van der Waals surface area contributed by atoms with Gasteiger partial charge in [0.15, 0.2) is 0 Å². The number of nitrogens with zero attached hydrogens (tertiary/aromatic N) is 4. The molecule has 0 radical (unpaired) electrons. The van der Waals surface area contributed by atoms with Gasteiger partial charge in [0.05, 0.1) is 23.1 Å². The minimum Gasteiger partial charge on any atom is -0.478 e. The van der Waals surface area contributed by atoms with E-state index in [1.807, 2.05) is 13.8 Å². The van der Waals surface area contributed by atoms with Gasteiger partial charge in [-0.25, -0.2) is 4.79 Å². The fraction of sp³-hybridized carbons (Fsp3) is 0.385. The van der Waals surface area contributed by atoms with Gasteiger partial charge >= 0.3 is 5.97 Å². The van der Waals surface area contributed by atoms with E-state index in [9.17, 15) is 9.59 Å². The number of carboxylic acids is 1. The normalized spacial score (nSPS) is 12.1. The third-order valence-electron chi connectivity index (χ3n) is 3.15. The molecule has 8 nitrogen and oxygen atoms in total. The molecule has 2 N–H and O–H groups in total. The molecule has 2 aromatic heterocycles. The van der Waals surface area contributed by atoms with E-state index < -0.39 is 12.0 Å². The van der Waals surface area contributed by atoms with Gasteiger partial charge in [-0.3, -0.25) is 14.2 Å². The summed E-state index contributed by atoms with van der Waals surface area (Å²) in [4.78, 5) is 23.0. The molecule has 0 saturated carbocycles. The summed E-state index contributed by atoms with van der Waals surface area (Å²) in [5.41, 5.74) is 1.41. The van der Waals surface area contributed by atoms with Gasteiger partial charge in [0.1, 0.15) is 6.04 Å². The molecule has 0 saturated heterocycles. The summed E-state index contributed by atoms with van der Waals surface area (Å²) in [5.74, 6) is -1.36. The molecule has 2 rings (SSSR count). The molecule has 0 bridgehead atoms. The highest BCUT2D eigenvalue weighted by Gasteiger charge is 2.19. The number of hydrogen-bond acceptors (Lipinski definition) is 4. The molecule has 21 heavy (non-hydrogen) atoms. The maximum atomic E-state index is 12.2. The van der Waals surface area contributed by atoms with Crippen LogP contribution in [0.1, 0.15) is 35.9 Å². The average Bonchev–Trinajstić information content (AvgIpc) is 3.05. The lowest BCUT2D eigenvalue weighted by Gasteiger charge is -2.11. The van der Waals surface area contributed by atoms with Gasteiger partial charge < -0.3 is 10.4 Å². The monoisotopic (exact) mass is 291 g/mol. The molecule has 1 atom stereocenters. The third kappa shape index (κ3) is 3.10. The van der Waals surface area contributed by atoms with Crippen LogP contribution in [0.2, 0.25) is 0 Å². The first kappa shape index (κ1) is 14.8. The number of rotatable bonds is 5. The first-order valence-corrected chi connectivity index (χ1v) is 6.54. The SMILES string of the molecule is CCn1cc(NC(=O)C(C)n2cc(C(=O)O)cn2)c(C)n1. The summed E-state index contributed by atoms with van der Waals surface area (Å²) >= 11 is 0. The third-order valence-corrected chi connectivity index (χ3v) is 3.15. The maximum absolute atomic E-state index is 12.2. The van der Waals surface area contributed by atoms with Crippen LogP contribution < -0.4 is 5.32 Å². The highest BCUT2D eigenvalue weighted by molar-refractivity contribution is 5.94. The van der Waals surface area contributed by atoms with E-state index in [0.717, 1.165) is 5.69 Å². The minimum absolute atomic E-state index is 0.0460. The number of amides is 1. The lowest BCUT2D eigenvalue weighted by Crippen LogP contribution is -2.24. The van der Waals surface area contributed by atoms with Crippen LogP contribution in [-0.2, 0) is 11.3 Å². The van der Waals surface area contributed by atoms with Crippen LogP contribution in [0.15, 0.2) is 18.6 Å². The largest absolute Gasteiger partial charge is 0.478 e. The smallest absolute Gasteiger partial charge is 0.338 e. The summed E-state index contributed by atoms with van der Waals surface area (Å²) < 4.78 is 3.05. The predicted octanol–water partition coefficient (Wildman–Crippen LogP) is 1.31. The molecule has 0 spiro atoms. The summed E-state index contributed by atoms with van der Waals surface area (Å²) in [6.45, 7) is 6.13. The van der Waals surface area contributed by atoms with E-state index in [0.29, 0.717) is 12.2 Å². The Kier molecular flexibility index (Phi) is 4.06. The molecule has 1 amide bonds. The van der Waals surface area contributed by atoms with E-state index in [4.69, 9.17) is 5.11 Å². The van der Waals surface area contributed by atoms with Crippen LogP contribution in [0.5, 0.6) is 0 Å². The van der Waals surface area contributed by atoms with Crippen LogP contribution in [0.25, 0.3) is 0 Å². The van der Waals surface area contributed by atoms with Crippen molar-refractivity contribution < 1.29 is 14.7 Å². The predicted molar refractivity (Wildman–Crippen MR) is 75.2 cm³/mol. The first-order valence-electron chi connectivity index (χ1n) is 6.54. The fourth-order valence-corrected chi connectivity index (χ4v) is 1.82. The van der Waals surface area contributed by atoms with Gasteiger partial charge in [0.25, 0.3) is 0 Å². The van der Waals surface area contributed by atoms with Crippen LogP contribution in [0.3, 0.4) is 0 Å². The zero-order valence-corrected chi connectivity index (χ0v) is 12.1. The topological polar surface area (TPSA) is 102 Å². The average molecular weight is 291 g/mol. The van der Waals surface area contributed by atoms with Gasteiger partial charge in [-0.15, -0.1) is 0 Å². The Morgan fingerprint density at radius 1 is 1.43 bits per heavy atom. The zero-order chi connectivity index (χ0) is 15.6. The number of anilines is 1. The van der Waals surface area contributed by atoms with Gasteiger partial charge in [0.2, 0.25) is 5.91 Å². The Bertz CT molecular complexity index is 673. The van der Waals surface area contributed by atoms with Crippen molar-refractivity contribution in [1.29, 1.82) is 0 Å². The summed E-state index contributed by atoms with van der Waals surface area (Å²) in [5, 5.41) is 19.8. The van der Waals surface area contributed by atoms with Gasteiger partial charge in [-0.05, 0) is 20.8 Å². The molecule has 0 aromatic carbocycles. The van der Waals surface area contributed by atoms with Crippen molar-refractivity contribution in [3.8, 4) is 0 Å². The number of aromatic nitrogens is 4. The molecular formula is C13H17N5O3. The lowest BCUT2D eigenvalue weighted by molar-refractivity contribution is -0.119. The molecule has 0 fully saturated rings. The molecule has 112 valence electrons. The van der Waals surface area contributed by atoms with Crippen molar-refractivity contribution in [3.63, 3.8) is 0 Å². The second-order valence-electron chi connectivity index (χ2n) is 4.66. The van der Waals surface area contributed by atoms with E-state index >= 15 is 0 Å². The first-order chi connectivity index (χ1) is 9.92. The molecule has 1 unspecified atom stereocenters. The van der Waals surface area contributed by atoms with Crippen molar-refractivity contribution in [2.24, 2.45) is 0 Å². The molecule has 0 aliphatic rings. The van der Waals surface area contributed by atoms with Crippen LogP contribution in [0, 0.1) is 6.92 Å². The molecular weight excluding hydrogens is 274 g/mol. The Morgan fingerprint density at radius 2 is 2.14 bits per heavy atom. The Labute approximate surface area is 121 Å². The summed E-state index contributed by atoms with van der Waals surface area (Å²) in [6.07, 6.45) is 4.30. The molecule has 8 heteroatoms. The quantitative estimate of drug-likeness (QED) is 0.864. The molecule has 2 heterocycles. The number of carbonyl (C=O) groups excluding carboxylic acids is 1. The number of carbonyl (C=O) groups is 2. The molecule has 0 aliphatic heterocycles. The number of aryl methyl sites for hydroxylation is 2. The molecule has 2 aromatic rings. The summed E-state index contributed by atoms with van der Waals surface area (Å²) in [6, 6.07) is -0.623. The molecule has 0 aliphatic carbocycles. The van der Waals surface area contributed by atoms with Crippen molar-refractivity contribution in [3.05, 3.63) is 29.8 Å². The van der Waals surface area contributed by atoms with Crippen LogP contribution in [-0.4, -0.2) is 36.5 Å². The Hall–Kier alpha value is -2.64. The van der Waals surface area contributed by atoms with E-state index in [2.05, 4.69) is 15.5 Å². The second kappa shape index (κ2) is 5.78. The fourth-order valence-electron chi connectivity index (χ4n) is 1.82. The standard InChI is InChI=1S/C13H17N5O3/c1-4-17-7-11(8(2)16-17)15-12(19)9(3)18-6-10(5-14-18)13(20)21/h5-7,9H,4H2,1-3H3,(H,15,19)(H,20,21). The highest BCUT2D eigenvalue weighted by Crippen LogP contribution is 2.15.